The fourth-order valence-corrected chi connectivity index (χ4v) is 5.45. The summed E-state index contributed by atoms with van der Waals surface area (Å²) in [5.74, 6) is 0. The van der Waals surface area contributed by atoms with Gasteiger partial charge in [-0.2, -0.15) is 0 Å². The lowest BCUT2D eigenvalue weighted by Crippen LogP contribution is -2.20. The summed E-state index contributed by atoms with van der Waals surface area (Å²) in [6, 6.07) is 14.1. The molecule has 24 heavy (non-hydrogen) atoms. The van der Waals surface area contributed by atoms with Gasteiger partial charge in [-0.3, -0.25) is 0 Å². The second kappa shape index (κ2) is 7.44. The molecular formula is C18H18Cl2O3S. The molecule has 1 aliphatic rings. The minimum Gasteiger partial charge on any atom is -0.373 e. The smallest absolute Gasteiger partial charge is 0.182 e. The van der Waals surface area contributed by atoms with Crippen molar-refractivity contribution in [2.24, 2.45) is 0 Å². The van der Waals surface area contributed by atoms with Crippen molar-refractivity contribution >= 4 is 33.0 Å². The molecule has 0 spiro atoms. The monoisotopic (exact) mass is 384 g/mol. The molecule has 1 saturated carbocycles. The second-order valence-electron chi connectivity index (χ2n) is 5.97. The lowest BCUT2D eigenvalue weighted by molar-refractivity contribution is 0.0458. The van der Waals surface area contributed by atoms with Crippen LogP contribution in [0.1, 0.15) is 24.8 Å². The lowest BCUT2D eigenvalue weighted by Gasteiger charge is -2.14. The molecule has 3 nitrogen and oxygen atoms in total. The van der Waals surface area contributed by atoms with Gasteiger partial charge in [0.15, 0.2) is 9.84 Å². The van der Waals surface area contributed by atoms with Crippen LogP contribution in [0, 0.1) is 0 Å². The van der Waals surface area contributed by atoms with Crippen LogP contribution in [0.15, 0.2) is 53.4 Å². The quantitative estimate of drug-likeness (QED) is 0.735. The minimum atomic E-state index is -3.42. The fourth-order valence-electron chi connectivity index (χ4n) is 2.98. The molecule has 6 heteroatoms. The Morgan fingerprint density at radius 3 is 2.42 bits per heavy atom. The second-order valence-corrected chi connectivity index (χ2v) is 9.01. The molecule has 0 heterocycles. The van der Waals surface area contributed by atoms with E-state index in [4.69, 9.17) is 27.9 Å². The van der Waals surface area contributed by atoms with E-state index < -0.39 is 15.1 Å². The fraction of sp³-hybridized carbons (Fsp3) is 0.333. The first-order chi connectivity index (χ1) is 11.5. The first-order valence-electron chi connectivity index (χ1n) is 7.81. The number of sulfone groups is 1. The van der Waals surface area contributed by atoms with Gasteiger partial charge < -0.3 is 4.74 Å². The predicted octanol–water partition coefficient (Wildman–Crippen LogP) is 4.91. The van der Waals surface area contributed by atoms with Crippen molar-refractivity contribution in [3.05, 3.63) is 64.1 Å². The van der Waals surface area contributed by atoms with Crippen LogP contribution in [0.2, 0.25) is 10.0 Å². The third kappa shape index (κ3) is 3.94. The highest BCUT2D eigenvalue weighted by molar-refractivity contribution is 7.92. The van der Waals surface area contributed by atoms with Crippen molar-refractivity contribution in [3.8, 4) is 0 Å². The van der Waals surface area contributed by atoms with Gasteiger partial charge in [-0.05, 0) is 49.1 Å². The Morgan fingerprint density at radius 1 is 1.00 bits per heavy atom. The molecule has 0 amide bonds. The van der Waals surface area contributed by atoms with Gasteiger partial charge in [-0.1, -0.05) is 47.5 Å². The molecular weight excluding hydrogens is 367 g/mol. The largest absolute Gasteiger partial charge is 0.373 e. The summed E-state index contributed by atoms with van der Waals surface area (Å²) in [5, 5.41) is 0.529. The van der Waals surface area contributed by atoms with E-state index in [2.05, 4.69) is 0 Å². The van der Waals surface area contributed by atoms with Gasteiger partial charge in [0, 0.05) is 5.02 Å². The highest BCUT2D eigenvalue weighted by atomic mass is 35.5. The maximum atomic E-state index is 12.8. The molecule has 2 atom stereocenters. The highest BCUT2D eigenvalue weighted by Crippen LogP contribution is 2.34. The molecule has 0 aliphatic heterocycles. The van der Waals surface area contributed by atoms with Crippen LogP contribution < -0.4 is 0 Å². The number of benzene rings is 2. The molecule has 2 aromatic carbocycles. The van der Waals surface area contributed by atoms with Gasteiger partial charge in [0.05, 0.1) is 27.9 Å². The number of halogens is 2. The Hall–Kier alpha value is -1.07. The summed E-state index contributed by atoms with van der Waals surface area (Å²) in [6.07, 6.45) is 1.78. The minimum absolute atomic E-state index is 0.0528. The van der Waals surface area contributed by atoms with Gasteiger partial charge in [-0.15, -0.1) is 0 Å². The molecule has 128 valence electrons. The third-order valence-electron chi connectivity index (χ3n) is 4.32. The van der Waals surface area contributed by atoms with Crippen molar-refractivity contribution in [1.82, 2.24) is 0 Å². The van der Waals surface area contributed by atoms with Gasteiger partial charge in [0.25, 0.3) is 0 Å². The van der Waals surface area contributed by atoms with E-state index in [1.165, 1.54) is 0 Å². The van der Waals surface area contributed by atoms with Gasteiger partial charge in [0.2, 0.25) is 0 Å². The van der Waals surface area contributed by atoms with E-state index in [0.29, 0.717) is 24.5 Å². The number of hydrogen-bond acceptors (Lipinski definition) is 3. The van der Waals surface area contributed by atoms with Crippen LogP contribution in [-0.2, 0) is 21.2 Å². The van der Waals surface area contributed by atoms with Crippen molar-refractivity contribution in [1.29, 1.82) is 0 Å². The van der Waals surface area contributed by atoms with Crippen LogP contribution in [0.25, 0.3) is 0 Å². The summed E-state index contributed by atoms with van der Waals surface area (Å²) in [6.45, 7) is 0.459. The molecule has 2 aromatic rings. The molecule has 0 aromatic heterocycles. The van der Waals surface area contributed by atoms with E-state index in [0.717, 1.165) is 12.0 Å². The molecule has 1 fully saturated rings. The summed E-state index contributed by atoms with van der Waals surface area (Å²) < 4.78 is 31.4. The molecule has 0 radical (unpaired) electrons. The summed E-state index contributed by atoms with van der Waals surface area (Å²) in [5.41, 5.74) is 1.02. The number of ether oxygens (including phenoxy) is 1. The van der Waals surface area contributed by atoms with Gasteiger partial charge in [-0.25, -0.2) is 8.42 Å². The molecule has 3 rings (SSSR count). The lowest BCUT2D eigenvalue weighted by atomic mass is 10.2. The molecule has 1 aliphatic carbocycles. The number of rotatable bonds is 5. The Kier molecular flexibility index (Phi) is 5.50. The van der Waals surface area contributed by atoms with Crippen LogP contribution >= 0.6 is 23.2 Å². The molecule has 0 bridgehead atoms. The van der Waals surface area contributed by atoms with E-state index in [1.54, 1.807) is 24.3 Å². The van der Waals surface area contributed by atoms with Gasteiger partial charge in [0.1, 0.15) is 0 Å². The normalized spacial score (nSPS) is 21.1. The average molecular weight is 385 g/mol. The standard InChI is InChI=1S/C18H18Cl2O3S/c19-14-7-5-13(6-8-14)12-23-15-9-10-16(11-15)24(21,22)18-4-2-1-3-17(18)20/h1-8,15-16H,9-12H2/t15-,16-/m1/s1. The third-order valence-corrected chi connectivity index (χ3v) is 7.29. The molecule has 0 unspecified atom stereocenters. The Bertz CT molecular complexity index is 803. The summed E-state index contributed by atoms with van der Waals surface area (Å²) in [4.78, 5) is 0.218. The van der Waals surface area contributed by atoms with Crippen molar-refractivity contribution in [3.63, 3.8) is 0 Å². The van der Waals surface area contributed by atoms with Crippen LogP contribution in [0.3, 0.4) is 0 Å². The summed E-state index contributed by atoms with van der Waals surface area (Å²) >= 11 is 11.9. The number of hydrogen-bond donors (Lipinski definition) is 0. The van der Waals surface area contributed by atoms with E-state index in [9.17, 15) is 8.42 Å². The highest BCUT2D eigenvalue weighted by Gasteiger charge is 2.36. The van der Waals surface area contributed by atoms with Crippen molar-refractivity contribution < 1.29 is 13.2 Å². The maximum Gasteiger partial charge on any atom is 0.182 e. The first kappa shape index (κ1) is 17.7. The zero-order valence-electron chi connectivity index (χ0n) is 13.0. The Balaban J connectivity index is 1.62. The Labute approximate surface area is 152 Å². The van der Waals surface area contributed by atoms with E-state index in [1.807, 2.05) is 24.3 Å². The molecule has 0 saturated heterocycles. The van der Waals surface area contributed by atoms with Crippen LogP contribution in [0.4, 0.5) is 0 Å². The maximum absolute atomic E-state index is 12.8. The van der Waals surface area contributed by atoms with Crippen LogP contribution in [-0.4, -0.2) is 19.8 Å². The topological polar surface area (TPSA) is 43.4 Å². The van der Waals surface area contributed by atoms with Crippen molar-refractivity contribution in [2.45, 2.75) is 42.1 Å². The predicted molar refractivity (Wildman–Crippen MR) is 96.3 cm³/mol. The van der Waals surface area contributed by atoms with E-state index in [-0.39, 0.29) is 16.0 Å². The zero-order valence-corrected chi connectivity index (χ0v) is 15.3. The molecule has 0 N–H and O–H groups in total. The SMILES string of the molecule is O=S(=O)(c1ccccc1Cl)[C@@H]1CC[C@@H](OCc2ccc(Cl)cc2)C1. The summed E-state index contributed by atoms with van der Waals surface area (Å²) in [7, 11) is -3.42. The van der Waals surface area contributed by atoms with Crippen LogP contribution in [0.5, 0.6) is 0 Å². The van der Waals surface area contributed by atoms with E-state index >= 15 is 0 Å². The Morgan fingerprint density at radius 2 is 1.71 bits per heavy atom. The zero-order chi connectivity index (χ0) is 17.2. The van der Waals surface area contributed by atoms with Crippen molar-refractivity contribution in [2.75, 3.05) is 0 Å². The first-order valence-corrected chi connectivity index (χ1v) is 10.1. The van der Waals surface area contributed by atoms with Gasteiger partial charge >= 0.3 is 0 Å². The average Bonchev–Trinajstić information content (AvgIpc) is 3.04.